The maximum absolute atomic E-state index is 10.8. The first-order valence-electron chi connectivity index (χ1n) is 4.86. The molecule has 0 fully saturated rings. The maximum Gasteiger partial charge on any atom is 0.422 e. The van der Waals surface area contributed by atoms with Crippen LogP contribution in [0, 0.1) is 30.3 Å². The normalized spacial score (nSPS) is 10.4. The quantitative estimate of drug-likeness (QED) is 0.600. The topological polar surface area (TPSA) is 129 Å². The molecule has 18 heavy (non-hydrogen) atoms. The van der Waals surface area contributed by atoms with Crippen LogP contribution in [0.1, 0.15) is 25.3 Å². The van der Waals surface area contributed by atoms with E-state index in [0.29, 0.717) is 5.56 Å². The molecule has 0 amide bonds. The van der Waals surface area contributed by atoms with Gasteiger partial charge in [-0.25, -0.2) is 0 Å². The van der Waals surface area contributed by atoms with Crippen molar-refractivity contribution in [1.29, 1.82) is 0 Å². The van der Waals surface area contributed by atoms with Crippen LogP contribution in [0.4, 0.5) is 17.1 Å². The molecule has 0 aliphatic rings. The Balaban J connectivity index is 3.71. The number of nitro benzene ring substituents is 3. The number of hydrogen-bond donors (Lipinski definition) is 0. The number of nitro groups is 3. The van der Waals surface area contributed by atoms with Gasteiger partial charge in [0.2, 0.25) is 0 Å². The Morgan fingerprint density at radius 1 is 0.889 bits per heavy atom. The van der Waals surface area contributed by atoms with E-state index in [4.69, 9.17) is 0 Å². The molecule has 0 saturated heterocycles. The Morgan fingerprint density at radius 2 is 1.28 bits per heavy atom. The molecule has 1 rings (SSSR count). The lowest BCUT2D eigenvalue weighted by atomic mass is 10.0. The highest BCUT2D eigenvalue weighted by Crippen LogP contribution is 2.39. The van der Waals surface area contributed by atoms with Gasteiger partial charge in [0.25, 0.3) is 0 Å². The summed E-state index contributed by atoms with van der Waals surface area (Å²) in [6.45, 7) is 3.35. The lowest BCUT2D eigenvalue weighted by Crippen LogP contribution is -2.03. The van der Waals surface area contributed by atoms with Crippen molar-refractivity contribution in [3.05, 3.63) is 48.0 Å². The van der Waals surface area contributed by atoms with Crippen LogP contribution in [0.3, 0.4) is 0 Å². The molecule has 0 saturated carbocycles. The van der Waals surface area contributed by atoms with E-state index in [9.17, 15) is 30.3 Å². The highest BCUT2D eigenvalue weighted by Gasteiger charge is 2.36. The van der Waals surface area contributed by atoms with Gasteiger partial charge in [-0.3, -0.25) is 30.3 Å². The van der Waals surface area contributed by atoms with Gasteiger partial charge >= 0.3 is 17.1 Å². The summed E-state index contributed by atoms with van der Waals surface area (Å²) >= 11 is 0. The minimum atomic E-state index is -1.11. The van der Waals surface area contributed by atoms with Crippen molar-refractivity contribution in [3.8, 4) is 0 Å². The zero-order chi connectivity index (χ0) is 14.0. The van der Waals surface area contributed by atoms with Crippen LogP contribution in [0.2, 0.25) is 0 Å². The van der Waals surface area contributed by atoms with Crippen LogP contribution < -0.4 is 0 Å². The largest absolute Gasteiger partial charge is 0.422 e. The van der Waals surface area contributed by atoms with Crippen LogP contribution >= 0.6 is 0 Å². The minimum Gasteiger partial charge on any atom is -0.258 e. The predicted molar refractivity (Wildman–Crippen MR) is 60.5 cm³/mol. The molecule has 9 heteroatoms. The summed E-state index contributed by atoms with van der Waals surface area (Å²) in [7, 11) is 0. The van der Waals surface area contributed by atoms with Gasteiger partial charge in [-0.15, -0.1) is 0 Å². The summed E-state index contributed by atoms with van der Waals surface area (Å²) in [4.78, 5) is 29.1. The van der Waals surface area contributed by atoms with Gasteiger partial charge in [-0.1, -0.05) is 13.8 Å². The standard InChI is InChI=1S/C9H9N3O6/c1-5(2)6-3-7(10(13)14)9(12(17)18)8(4-6)11(15)16/h3-5H,1-2H3. The first-order valence-corrected chi connectivity index (χ1v) is 4.86. The van der Waals surface area contributed by atoms with Crippen LogP contribution in [-0.4, -0.2) is 14.8 Å². The summed E-state index contributed by atoms with van der Waals surface area (Å²) < 4.78 is 0. The van der Waals surface area contributed by atoms with E-state index in [-0.39, 0.29) is 5.92 Å². The van der Waals surface area contributed by atoms with Crippen molar-refractivity contribution in [2.24, 2.45) is 0 Å². The summed E-state index contributed by atoms with van der Waals surface area (Å²) in [5.74, 6) is -0.219. The van der Waals surface area contributed by atoms with E-state index >= 15 is 0 Å². The second-order valence-corrected chi connectivity index (χ2v) is 3.83. The Bertz CT molecular complexity index is 504. The van der Waals surface area contributed by atoms with Crippen LogP contribution in [0.25, 0.3) is 0 Å². The number of hydrogen-bond acceptors (Lipinski definition) is 6. The molecule has 0 aliphatic carbocycles. The second-order valence-electron chi connectivity index (χ2n) is 3.83. The minimum absolute atomic E-state index is 0.219. The van der Waals surface area contributed by atoms with Crippen LogP contribution in [0.15, 0.2) is 12.1 Å². The van der Waals surface area contributed by atoms with Crippen molar-refractivity contribution < 1.29 is 14.8 Å². The average Bonchev–Trinajstić information content (AvgIpc) is 2.26. The lowest BCUT2D eigenvalue weighted by Gasteiger charge is -2.05. The van der Waals surface area contributed by atoms with E-state index in [1.807, 2.05) is 0 Å². The van der Waals surface area contributed by atoms with Crippen LogP contribution in [-0.2, 0) is 0 Å². The van der Waals surface area contributed by atoms with E-state index in [0.717, 1.165) is 12.1 Å². The summed E-state index contributed by atoms with van der Waals surface area (Å²) in [5.41, 5.74) is -2.51. The predicted octanol–water partition coefficient (Wildman–Crippen LogP) is 2.53. The number of nitrogens with zero attached hydrogens (tertiary/aromatic N) is 3. The summed E-state index contributed by atoms with van der Waals surface area (Å²) in [6, 6.07) is 1.99. The SMILES string of the molecule is CC(C)c1cc([N+](=O)[O-])c([N+](=O)[O-])c([N+](=O)[O-])c1. The molecule has 0 atom stereocenters. The van der Waals surface area contributed by atoms with E-state index in [1.54, 1.807) is 13.8 Å². The molecule has 0 aromatic heterocycles. The Labute approximate surface area is 100 Å². The number of rotatable bonds is 4. The van der Waals surface area contributed by atoms with E-state index in [2.05, 4.69) is 0 Å². The molecule has 9 nitrogen and oxygen atoms in total. The molecule has 0 spiro atoms. The molecule has 0 unspecified atom stereocenters. The van der Waals surface area contributed by atoms with Crippen molar-refractivity contribution in [2.75, 3.05) is 0 Å². The van der Waals surface area contributed by atoms with Gasteiger partial charge in [0.15, 0.2) is 0 Å². The molecular weight excluding hydrogens is 246 g/mol. The Kier molecular flexibility index (Phi) is 3.55. The first-order chi connectivity index (χ1) is 8.25. The first kappa shape index (κ1) is 13.5. The molecule has 0 bridgehead atoms. The third kappa shape index (κ3) is 2.39. The van der Waals surface area contributed by atoms with Crippen LogP contribution in [0.5, 0.6) is 0 Å². The van der Waals surface area contributed by atoms with E-state index in [1.165, 1.54) is 0 Å². The molecule has 0 radical (unpaired) electrons. The summed E-state index contributed by atoms with van der Waals surface area (Å²) in [6.07, 6.45) is 0. The Hall–Kier alpha value is -2.58. The van der Waals surface area contributed by atoms with Gasteiger partial charge in [0, 0.05) is 12.1 Å². The maximum atomic E-state index is 10.8. The molecular formula is C9H9N3O6. The van der Waals surface area contributed by atoms with Crippen molar-refractivity contribution in [3.63, 3.8) is 0 Å². The highest BCUT2D eigenvalue weighted by molar-refractivity contribution is 5.67. The van der Waals surface area contributed by atoms with E-state index < -0.39 is 31.8 Å². The van der Waals surface area contributed by atoms with Gasteiger partial charge in [0.05, 0.1) is 14.8 Å². The summed E-state index contributed by atoms with van der Waals surface area (Å²) in [5, 5.41) is 32.2. The number of benzene rings is 1. The molecule has 0 aliphatic heterocycles. The average molecular weight is 255 g/mol. The van der Waals surface area contributed by atoms with Crippen molar-refractivity contribution in [1.82, 2.24) is 0 Å². The smallest absolute Gasteiger partial charge is 0.258 e. The third-order valence-electron chi connectivity index (χ3n) is 2.33. The van der Waals surface area contributed by atoms with Crippen molar-refractivity contribution in [2.45, 2.75) is 19.8 Å². The fourth-order valence-corrected chi connectivity index (χ4v) is 1.42. The molecule has 1 aromatic rings. The zero-order valence-corrected chi connectivity index (χ0v) is 9.52. The molecule has 0 N–H and O–H groups in total. The van der Waals surface area contributed by atoms with Gasteiger partial charge in [0.1, 0.15) is 0 Å². The highest BCUT2D eigenvalue weighted by atomic mass is 16.6. The lowest BCUT2D eigenvalue weighted by molar-refractivity contribution is -0.441. The fourth-order valence-electron chi connectivity index (χ4n) is 1.42. The van der Waals surface area contributed by atoms with Gasteiger partial charge in [-0.2, -0.15) is 0 Å². The fraction of sp³-hybridized carbons (Fsp3) is 0.333. The monoisotopic (exact) mass is 255 g/mol. The zero-order valence-electron chi connectivity index (χ0n) is 9.52. The molecule has 0 heterocycles. The molecule has 96 valence electrons. The third-order valence-corrected chi connectivity index (χ3v) is 2.33. The molecule has 1 aromatic carbocycles. The second kappa shape index (κ2) is 4.73. The Morgan fingerprint density at radius 3 is 1.50 bits per heavy atom. The van der Waals surface area contributed by atoms with Crippen molar-refractivity contribution >= 4 is 17.1 Å². The van der Waals surface area contributed by atoms with Gasteiger partial charge in [-0.05, 0) is 11.5 Å². The van der Waals surface area contributed by atoms with Gasteiger partial charge < -0.3 is 0 Å².